The SMILES string of the molecule is C[C@H](OC(=O)/C=C/c1ccccc1Br)C(=O)Nc1ccccc1F. The van der Waals surface area contributed by atoms with Crippen molar-refractivity contribution < 1.29 is 18.7 Å². The first-order chi connectivity index (χ1) is 11.5. The van der Waals surface area contributed by atoms with Crippen LogP contribution in [0, 0.1) is 5.82 Å². The number of carbonyl (C=O) groups excluding carboxylic acids is 2. The Morgan fingerprint density at radius 2 is 1.83 bits per heavy atom. The molecule has 0 heterocycles. The van der Waals surface area contributed by atoms with Crippen molar-refractivity contribution in [2.75, 3.05) is 5.32 Å². The highest BCUT2D eigenvalue weighted by molar-refractivity contribution is 9.10. The van der Waals surface area contributed by atoms with Crippen molar-refractivity contribution in [3.05, 3.63) is 70.5 Å². The molecule has 6 heteroatoms. The van der Waals surface area contributed by atoms with E-state index in [2.05, 4.69) is 21.2 Å². The minimum atomic E-state index is -1.05. The molecule has 0 saturated heterocycles. The second-order valence-electron chi connectivity index (χ2n) is 4.90. The Kier molecular flexibility index (Phi) is 6.26. The van der Waals surface area contributed by atoms with Gasteiger partial charge in [0.15, 0.2) is 6.10 Å². The van der Waals surface area contributed by atoms with Gasteiger partial charge in [-0.25, -0.2) is 9.18 Å². The number of hydrogen-bond donors (Lipinski definition) is 1. The molecule has 4 nitrogen and oxygen atoms in total. The van der Waals surface area contributed by atoms with Crippen LogP contribution in [0.25, 0.3) is 6.08 Å². The Bertz CT molecular complexity index is 776. The van der Waals surface area contributed by atoms with Gasteiger partial charge in [0.2, 0.25) is 0 Å². The number of carbonyl (C=O) groups is 2. The summed E-state index contributed by atoms with van der Waals surface area (Å²) in [5.41, 5.74) is 0.840. The number of para-hydroxylation sites is 1. The molecule has 0 aliphatic heterocycles. The Labute approximate surface area is 147 Å². The van der Waals surface area contributed by atoms with Crippen molar-refractivity contribution in [2.24, 2.45) is 0 Å². The number of amides is 1. The van der Waals surface area contributed by atoms with Gasteiger partial charge in [0.25, 0.3) is 5.91 Å². The van der Waals surface area contributed by atoms with Crippen molar-refractivity contribution in [1.29, 1.82) is 0 Å². The van der Waals surface area contributed by atoms with Gasteiger partial charge in [-0.05, 0) is 36.8 Å². The zero-order valence-electron chi connectivity index (χ0n) is 12.8. The van der Waals surface area contributed by atoms with E-state index in [-0.39, 0.29) is 5.69 Å². The summed E-state index contributed by atoms with van der Waals surface area (Å²) in [6.07, 6.45) is 1.75. The summed E-state index contributed by atoms with van der Waals surface area (Å²) in [4.78, 5) is 23.7. The summed E-state index contributed by atoms with van der Waals surface area (Å²) in [6, 6.07) is 13.1. The van der Waals surface area contributed by atoms with Gasteiger partial charge in [0, 0.05) is 10.5 Å². The average molecular weight is 392 g/mol. The van der Waals surface area contributed by atoms with Gasteiger partial charge in [-0.2, -0.15) is 0 Å². The fourth-order valence-corrected chi connectivity index (χ4v) is 2.25. The summed E-state index contributed by atoms with van der Waals surface area (Å²) in [5, 5.41) is 2.38. The number of ether oxygens (including phenoxy) is 1. The summed E-state index contributed by atoms with van der Waals surface area (Å²) < 4.78 is 19.3. The number of esters is 1. The number of benzene rings is 2. The van der Waals surface area contributed by atoms with Crippen molar-refractivity contribution >= 4 is 39.6 Å². The van der Waals surface area contributed by atoms with E-state index in [0.717, 1.165) is 10.0 Å². The minimum Gasteiger partial charge on any atom is -0.449 e. The lowest BCUT2D eigenvalue weighted by Crippen LogP contribution is -2.29. The van der Waals surface area contributed by atoms with Crippen LogP contribution in [0.3, 0.4) is 0 Å². The number of anilines is 1. The van der Waals surface area contributed by atoms with Crippen LogP contribution in [-0.4, -0.2) is 18.0 Å². The zero-order valence-corrected chi connectivity index (χ0v) is 14.4. The first-order valence-electron chi connectivity index (χ1n) is 7.16. The molecule has 24 heavy (non-hydrogen) atoms. The standard InChI is InChI=1S/C18H15BrFNO3/c1-12(18(23)21-16-9-5-4-8-15(16)20)24-17(22)11-10-13-6-2-3-7-14(13)19/h2-12H,1H3,(H,21,23)/b11-10+/t12-/m0/s1. The third-order valence-electron chi connectivity index (χ3n) is 3.10. The molecular weight excluding hydrogens is 377 g/mol. The molecule has 1 N–H and O–H groups in total. The van der Waals surface area contributed by atoms with Crippen molar-refractivity contribution in [2.45, 2.75) is 13.0 Å². The number of halogens is 2. The molecule has 0 saturated carbocycles. The second-order valence-corrected chi connectivity index (χ2v) is 5.76. The Balaban J connectivity index is 1.92. The van der Waals surface area contributed by atoms with Crippen LogP contribution in [0.1, 0.15) is 12.5 Å². The molecule has 1 atom stereocenters. The Morgan fingerprint density at radius 3 is 2.54 bits per heavy atom. The minimum absolute atomic E-state index is 0.0363. The molecular formula is C18H15BrFNO3. The topological polar surface area (TPSA) is 55.4 Å². The molecule has 2 rings (SSSR count). The fraction of sp³-hybridized carbons (Fsp3) is 0.111. The molecule has 1 amide bonds. The van der Waals surface area contributed by atoms with E-state index in [4.69, 9.17) is 4.74 Å². The van der Waals surface area contributed by atoms with Crippen LogP contribution in [0.2, 0.25) is 0 Å². The van der Waals surface area contributed by atoms with E-state index in [1.807, 2.05) is 24.3 Å². The van der Waals surface area contributed by atoms with Gasteiger partial charge in [0.05, 0.1) is 5.69 Å². The lowest BCUT2D eigenvalue weighted by atomic mass is 10.2. The summed E-state index contributed by atoms with van der Waals surface area (Å²) in [5.74, 6) is -1.83. The molecule has 0 fully saturated rings. The molecule has 0 aliphatic carbocycles. The Morgan fingerprint density at radius 1 is 1.17 bits per heavy atom. The monoisotopic (exact) mass is 391 g/mol. The zero-order chi connectivity index (χ0) is 17.5. The van der Waals surface area contributed by atoms with Gasteiger partial charge < -0.3 is 10.1 Å². The van der Waals surface area contributed by atoms with Crippen LogP contribution in [0.4, 0.5) is 10.1 Å². The van der Waals surface area contributed by atoms with Gasteiger partial charge in [-0.15, -0.1) is 0 Å². The molecule has 124 valence electrons. The highest BCUT2D eigenvalue weighted by Gasteiger charge is 2.17. The van der Waals surface area contributed by atoms with Gasteiger partial charge in [0.1, 0.15) is 5.82 Å². The third kappa shape index (κ3) is 5.03. The van der Waals surface area contributed by atoms with Crippen molar-refractivity contribution in [3.63, 3.8) is 0 Å². The summed E-state index contributed by atoms with van der Waals surface area (Å²) in [6.45, 7) is 1.42. The van der Waals surface area contributed by atoms with Crippen LogP contribution >= 0.6 is 15.9 Å². The molecule has 0 unspecified atom stereocenters. The van der Waals surface area contributed by atoms with Crippen LogP contribution < -0.4 is 5.32 Å². The molecule has 0 aliphatic rings. The molecule has 2 aromatic carbocycles. The first kappa shape index (κ1) is 17.9. The average Bonchev–Trinajstić information content (AvgIpc) is 2.56. The maximum absolute atomic E-state index is 13.5. The number of rotatable bonds is 5. The molecule has 0 radical (unpaired) electrons. The van der Waals surface area contributed by atoms with Crippen molar-refractivity contribution in [3.8, 4) is 0 Å². The molecule has 0 bridgehead atoms. The highest BCUT2D eigenvalue weighted by atomic mass is 79.9. The van der Waals surface area contributed by atoms with E-state index in [0.29, 0.717) is 0 Å². The number of nitrogens with one attached hydrogen (secondary N) is 1. The van der Waals surface area contributed by atoms with Crippen molar-refractivity contribution in [1.82, 2.24) is 0 Å². The number of hydrogen-bond acceptors (Lipinski definition) is 3. The van der Waals surface area contributed by atoms with E-state index < -0.39 is 23.8 Å². The normalized spacial score (nSPS) is 12.0. The molecule has 0 spiro atoms. The van der Waals surface area contributed by atoms with Gasteiger partial charge in [-0.1, -0.05) is 46.3 Å². The quantitative estimate of drug-likeness (QED) is 0.614. The predicted molar refractivity (Wildman–Crippen MR) is 93.8 cm³/mol. The maximum Gasteiger partial charge on any atom is 0.331 e. The van der Waals surface area contributed by atoms with Crippen LogP contribution in [-0.2, 0) is 14.3 Å². The third-order valence-corrected chi connectivity index (χ3v) is 3.82. The summed E-state index contributed by atoms with van der Waals surface area (Å²) in [7, 11) is 0. The van der Waals surface area contributed by atoms with E-state index in [9.17, 15) is 14.0 Å². The fourth-order valence-electron chi connectivity index (χ4n) is 1.83. The Hall–Kier alpha value is -2.47. The lowest BCUT2D eigenvalue weighted by molar-refractivity contribution is -0.148. The summed E-state index contributed by atoms with van der Waals surface area (Å²) >= 11 is 3.36. The first-order valence-corrected chi connectivity index (χ1v) is 7.95. The predicted octanol–water partition coefficient (Wildman–Crippen LogP) is 4.17. The van der Waals surface area contributed by atoms with Crippen LogP contribution in [0.15, 0.2) is 59.1 Å². The van der Waals surface area contributed by atoms with E-state index in [1.54, 1.807) is 12.1 Å². The maximum atomic E-state index is 13.5. The smallest absolute Gasteiger partial charge is 0.331 e. The lowest BCUT2D eigenvalue weighted by Gasteiger charge is -2.12. The molecule has 0 aromatic heterocycles. The van der Waals surface area contributed by atoms with Crippen LogP contribution in [0.5, 0.6) is 0 Å². The van der Waals surface area contributed by atoms with Gasteiger partial charge >= 0.3 is 5.97 Å². The van der Waals surface area contributed by atoms with Gasteiger partial charge in [-0.3, -0.25) is 4.79 Å². The van der Waals surface area contributed by atoms with E-state index in [1.165, 1.54) is 31.2 Å². The largest absolute Gasteiger partial charge is 0.449 e. The highest BCUT2D eigenvalue weighted by Crippen LogP contribution is 2.17. The second kappa shape index (κ2) is 8.40. The molecule has 2 aromatic rings. The van der Waals surface area contributed by atoms with E-state index >= 15 is 0 Å².